The van der Waals surface area contributed by atoms with E-state index in [4.69, 9.17) is 4.74 Å². The van der Waals surface area contributed by atoms with Crippen molar-refractivity contribution in [3.63, 3.8) is 0 Å². The summed E-state index contributed by atoms with van der Waals surface area (Å²) >= 11 is 1.46. The number of alkyl halides is 6. The molecule has 2 saturated heterocycles. The molecule has 45 heavy (non-hydrogen) atoms. The number of piperazine rings is 1. The normalized spacial score (nSPS) is 21.1. The molecule has 8 nitrogen and oxygen atoms in total. The quantitative estimate of drug-likeness (QED) is 0.285. The molecule has 0 unspecified atom stereocenters. The Labute approximate surface area is 259 Å². The zero-order chi connectivity index (χ0) is 32.4. The van der Waals surface area contributed by atoms with Crippen LogP contribution < -0.4 is 9.64 Å². The van der Waals surface area contributed by atoms with E-state index < -0.39 is 52.5 Å². The number of halogens is 6. The lowest BCUT2D eigenvalue weighted by Crippen LogP contribution is -2.69. The second-order valence-electron chi connectivity index (χ2n) is 10.9. The smallest absolute Gasteiger partial charge is 0.417 e. The largest absolute Gasteiger partial charge is 0.475 e. The number of aromatic nitrogens is 2. The Bertz CT molecular complexity index is 1480. The van der Waals surface area contributed by atoms with Gasteiger partial charge in [-0.1, -0.05) is 13.3 Å². The lowest BCUT2D eigenvalue weighted by atomic mass is 9.79. The van der Waals surface area contributed by atoms with Gasteiger partial charge in [0.05, 0.1) is 22.7 Å². The number of piperidine rings is 1. The van der Waals surface area contributed by atoms with Crippen molar-refractivity contribution in [3.8, 4) is 5.75 Å². The number of hydrogen-bond donors (Lipinski definition) is 0. The Balaban J connectivity index is 1.53. The second kappa shape index (κ2) is 12.9. The SMILES string of the molecule is CCC[C@H]1N(C(=O)c2cnccc2C(F)(F)F)CCC[C@@]1(Oc1ccc(C(F)(F)F)cc1)C(=O)N1CCN(c2nccs2)CC1. The molecule has 3 aromatic rings. The summed E-state index contributed by atoms with van der Waals surface area (Å²) in [6.07, 6.45) is -4.98. The molecule has 0 spiro atoms. The van der Waals surface area contributed by atoms with Crippen molar-refractivity contribution in [2.24, 2.45) is 0 Å². The number of carbonyl (C=O) groups is 2. The lowest BCUT2D eigenvalue weighted by Gasteiger charge is -2.50. The topological polar surface area (TPSA) is 78.9 Å². The van der Waals surface area contributed by atoms with Crippen LogP contribution in [0, 0.1) is 0 Å². The summed E-state index contributed by atoms with van der Waals surface area (Å²) in [5, 5.41) is 2.64. The molecule has 0 radical (unpaired) electrons. The summed E-state index contributed by atoms with van der Waals surface area (Å²) in [5.74, 6) is -1.44. The minimum absolute atomic E-state index is 0.0227. The van der Waals surface area contributed by atoms with E-state index >= 15 is 0 Å². The molecule has 2 fully saturated rings. The van der Waals surface area contributed by atoms with Crippen LogP contribution in [0.3, 0.4) is 0 Å². The summed E-state index contributed by atoms with van der Waals surface area (Å²) in [4.78, 5) is 41.4. The highest BCUT2D eigenvalue weighted by molar-refractivity contribution is 7.13. The number of nitrogens with zero attached hydrogens (tertiary/aromatic N) is 5. The number of amides is 2. The molecule has 0 bridgehead atoms. The molecule has 2 atom stereocenters. The van der Waals surface area contributed by atoms with Gasteiger partial charge in [0.15, 0.2) is 5.13 Å². The van der Waals surface area contributed by atoms with Gasteiger partial charge >= 0.3 is 12.4 Å². The predicted octanol–water partition coefficient (Wildman–Crippen LogP) is 6.15. The van der Waals surface area contributed by atoms with E-state index in [9.17, 15) is 35.9 Å². The molecule has 2 amide bonds. The first-order chi connectivity index (χ1) is 21.3. The molecule has 0 aliphatic carbocycles. The maximum Gasteiger partial charge on any atom is 0.417 e. The summed E-state index contributed by atoms with van der Waals surface area (Å²) in [6, 6.07) is 3.62. The highest BCUT2D eigenvalue weighted by atomic mass is 32.1. The zero-order valence-corrected chi connectivity index (χ0v) is 25.1. The number of carbonyl (C=O) groups excluding carboxylic acids is 2. The summed E-state index contributed by atoms with van der Waals surface area (Å²) in [5.41, 5.74) is -4.48. The lowest BCUT2D eigenvalue weighted by molar-refractivity contribution is -0.159. The number of benzene rings is 1. The molecule has 2 aliphatic heterocycles. The van der Waals surface area contributed by atoms with Gasteiger partial charge in [-0.2, -0.15) is 26.3 Å². The van der Waals surface area contributed by atoms with Gasteiger partial charge in [0.1, 0.15) is 5.75 Å². The maximum atomic E-state index is 14.6. The monoisotopic (exact) mass is 655 g/mol. The first-order valence-electron chi connectivity index (χ1n) is 14.5. The Hall–Kier alpha value is -3.88. The van der Waals surface area contributed by atoms with E-state index in [1.54, 1.807) is 11.1 Å². The van der Waals surface area contributed by atoms with Gasteiger partial charge in [0.25, 0.3) is 11.8 Å². The van der Waals surface area contributed by atoms with Gasteiger partial charge < -0.3 is 19.4 Å². The molecule has 2 aromatic heterocycles. The van der Waals surface area contributed by atoms with Crippen molar-refractivity contribution in [2.45, 2.75) is 56.6 Å². The number of likely N-dealkylation sites (tertiary alicyclic amines) is 1. The number of thiazole rings is 1. The third kappa shape index (κ3) is 6.72. The molecule has 4 heterocycles. The molecule has 1 aromatic carbocycles. The van der Waals surface area contributed by atoms with E-state index in [-0.39, 0.29) is 44.6 Å². The molecule has 0 saturated carbocycles. The first kappa shape index (κ1) is 32.5. The van der Waals surface area contributed by atoms with Crippen LogP contribution in [0.15, 0.2) is 54.3 Å². The molecule has 15 heteroatoms. The first-order valence-corrected chi connectivity index (χ1v) is 15.4. The Morgan fingerprint density at radius 3 is 2.29 bits per heavy atom. The van der Waals surface area contributed by atoms with E-state index in [1.807, 2.05) is 17.2 Å². The fourth-order valence-corrected chi connectivity index (χ4v) is 6.73. The van der Waals surface area contributed by atoms with Gasteiger partial charge in [0, 0.05) is 63.1 Å². The maximum absolute atomic E-state index is 14.6. The molecule has 242 valence electrons. The fraction of sp³-hybridized carbons (Fsp3) is 0.467. The Kier molecular flexibility index (Phi) is 9.28. The average Bonchev–Trinajstić information content (AvgIpc) is 3.56. The highest BCUT2D eigenvalue weighted by Gasteiger charge is 2.56. The van der Waals surface area contributed by atoms with Crippen molar-refractivity contribution in [1.29, 1.82) is 0 Å². The van der Waals surface area contributed by atoms with Gasteiger partial charge in [-0.05, 0) is 43.2 Å². The van der Waals surface area contributed by atoms with Crippen molar-refractivity contribution in [3.05, 3.63) is 71.0 Å². The van der Waals surface area contributed by atoms with Crippen LogP contribution in [0.25, 0.3) is 0 Å². The van der Waals surface area contributed by atoms with Crippen LogP contribution in [0.2, 0.25) is 0 Å². The molecule has 2 aliphatic rings. The van der Waals surface area contributed by atoms with Crippen molar-refractivity contribution in [1.82, 2.24) is 19.8 Å². The minimum atomic E-state index is -4.83. The van der Waals surface area contributed by atoms with Crippen LogP contribution in [0.4, 0.5) is 31.5 Å². The van der Waals surface area contributed by atoms with E-state index in [1.165, 1.54) is 16.2 Å². The zero-order valence-electron chi connectivity index (χ0n) is 24.3. The Morgan fingerprint density at radius 2 is 1.69 bits per heavy atom. The van der Waals surface area contributed by atoms with Crippen LogP contribution in [-0.4, -0.2) is 75.9 Å². The minimum Gasteiger partial charge on any atom is -0.475 e. The number of rotatable bonds is 7. The van der Waals surface area contributed by atoms with Crippen molar-refractivity contribution in [2.75, 3.05) is 37.6 Å². The second-order valence-corrected chi connectivity index (χ2v) is 11.8. The number of ether oxygens (including phenoxy) is 1. The molecule has 5 rings (SSSR count). The molecule has 0 N–H and O–H groups in total. The summed E-state index contributed by atoms with van der Waals surface area (Å²) in [6.45, 7) is 3.35. The van der Waals surface area contributed by atoms with Gasteiger partial charge in [-0.3, -0.25) is 14.6 Å². The van der Waals surface area contributed by atoms with Crippen LogP contribution in [-0.2, 0) is 17.1 Å². The third-order valence-electron chi connectivity index (χ3n) is 8.14. The number of hydrogen-bond acceptors (Lipinski definition) is 7. The van der Waals surface area contributed by atoms with Gasteiger partial charge in [0.2, 0.25) is 5.60 Å². The standard InChI is InChI=1S/C30H31F6N5O3S/c1-2-4-24-28(44-21-7-5-20(6-8-21)29(31,32)33,26(43)39-14-16-40(17-15-39)27-38-12-18-45-27)10-3-13-41(24)25(42)22-19-37-11-9-23(22)30(34,35)36/h5-9,11-12,18-19,24H,2-4,10,13-17H2,1H3/t24-,28+/m1/s1. The van der Waals surface area contributed by atoms with E-state index in [0.717, 1.165) is 47.9 Å². The van der Waals surface area contributed by atoms with E-state index in [0.29, 0.717) is 19.5 Å². The van der Waals surface area contributed by atoms with Gasteiger partial charge in [-0.15, -0.1) is 11.3 Å². The number of pyridine rings is 1. The summed E-state index contributed by atoms with van der Waals surface area (Å²) in [7, 11) is 0. The van der Waals surface area contributed by atoms with Crippen LogP contribution >= 0.6 is 11.3 Å². The highest BCUT2D eigenvalue weighted by Crippen LogP contribution is 2.40. The van der Waals surface area contributed by atoms with Crippen molar-refractivity contribution >= 4 is 28.3 Å². The van der Waals surface area contributed by atoms with Crippen molar-refractivity contribution < 1.29 is 40.7 Å². The number of anilines is 1. The molecular formula is C30H31F6N5O3S. The van der Waals surface area contributed by atoms with Gasteiger partial charge in [-0.25, -0.2) is 4.98 Å². The van der Waals surface area contributed by atoms with E-state index in [2.05, 4.69) is 9.97 Å². The fourth-order valence-electron chi connectivity index (χ4n) is 6.03. The molecular weight excluding hydrogens is 624 g/mol. The Morgan fingerprint density at radius 1 is 0.978 bits per heavy atom. The third-order valence-corrected chi connectivity index (χ3v) is 8.97. The average molecular weight is 656 g/mol. The summed E-state index contributed by atoms with van der Waals surface area (Å²) < 4.78 is 88.0. The van der Waals surface area contributed by atoms with Crippen LogP contribution in [0.5, 0.6) is 5.75 Å². The van der Waals surface area contributed by atoms with Crippen LogP contribution in [0.1, 0.15) is 54.1 Å². The predicted molar refractivity (Wildman–Crippen MR) is 154 cm³/mol.